The van der Waals surface area contributed by atoms with Crippen molar-refractivity contribution in [3.05, 3.63) is 92.5 Å². The number of carbonyl (C=O) groups is 2. The van der Waals surface area contributed by atoms with E-state index in [0.717, 1.165) is 11.6 Å². The molecule has 2 amide bonds. The molecule has 0 aromatic heterocycles. The van der Waals surface area contributed by atoms with Crippen LogP contribution >= 0.6 is 11.6 Å². The number of anilines is 1. The number of hydrogen-bond donors (Lipinski definition) is 1. The zero-order chi connectivity index (χ0) is 25.5. The Morgan fingerprint density at radius 3 is 2.34 bits per heavy atom. The Labute approximate surface area is 207 Å². The fraction of sp³-hybridized carbons (Fsp3) is 0.200. The maximum Gasteiger partial charge on any atom is 0.270 e. The number of non-ortho nitro benzene ring substituents is 1. The van der Waals surface area contributed by atoms with Crippen molar-refractivity contribution in [3.63, 3.8) is 0 Å². The number of amides is 2. The van der Waals surface area contributed by atoms with E-state index < -0.39 is 10.8 Å². The highest BCUT2D eigenvalue weighted by atomic mass is 35.5. The zero-order valence-electron chi connectivity index (χ0n) is 19.4. The number of halogens is 1. The smallest absolute Gasteiger partial charge is 0.270 e. The second-order valence-corrected chi connectivity index (χ2v) is 7.84. The number of para-hydroxylation sites is 1. The first-order valence-electron chi connectivity index (χ1n) is 10.6. The molecule has 35 heavy (non-hydrogen) atoms. The molecule has 0 aliphatic rings. The Morgan fingerprint density at radius 1 is 1.00 bits per heavy atom. The molecule has 0 aliphatic heterocycles. The van der Waals surface area contributed by atoms with Gasteiger partial charge in [-0.15, -0.1) is 0 Å². The summed E-state index contributed by atoms with van der Waals surface area (Å²) < 4.78 is 10.6. The van der Waals surface area contributed by atoms with Gasteiger partial charge in [0, 0.05) is 25.2 Å². The van der Waals surface area contributed by atoms with E-state index in [-0.39, 0.29) is 22.2 Å². The Morgan fingerprint density at radius 2 is 1.71 bits per heavy atom. The molecule has 3 aromatic rings. The molecular formula is C25H24ClN3O6. The first-order valence-corrected chi connectivity index (χ1v) is 11.0. The number of ether oxygens (including phenoxy) is 2. The lowest BCUT2D eigenvalue weighted by atomic mass is 10.1. The molecule has 0 saturated heterocycles. The highest BCUT2D eigenvalue weighted by molar-refractivity contribution is 6.34. The number of nitro benzene ring substituents is 1. The van der Waals surface area contributed by atoms with Gasteiger partial charge in [-0.2, -0.15) is 0 Å². The Bertz CT molecular complexity index is 1260. The molecule has 182 valence electrons. The predicted molar refractivity (Wildman–Crippen MR) is 132 cm³/mol. The lowest BCUT2D eigenvalue weighted by Crippen LogP contribution is -2.31. The highest BCUT2D eigenvalue weighted by Crippen LogP contribution is 2.29. The molecular weight excluding hydrogens is 474 g/mol. The normalized spacial score (nSPS) is 10.4. The summed E-state index contributed by atoms with van der Waals surface area (Å²) in [7, 11) is 3.09. The third-order valence-electron chi connectivity index (χ3n) is 5.30. The minimum Gasteiger partial charge on any atom is -0.493 e. The van der Waals surface area contributed by atoms with Crippen molar-refractivity contribution < 1.29 is 24.0 Å². The van der Waals surface area contributed by atoms with Gasteiger partial charge in [-0.3, -0.25) is 19.7 Å². The molecule has 0 saturated carbocycles. The van der Waals surface area contributed by atoms with E-state index in [4.69, 9.17) is 21.1 Å². The third kappa shape index (κ3) is 5.88. The lowest BCUT2D eigenvalue weighted by Gasteiger charge is -2.23. The standard InChI is InChI=1S/C25H24ClN3O6/c1-4-28(15-16-9-12-22(34-2)23(13-16)35-3)25(31)19-7-5-6-8-21(19)27-24(30)18-11-10-17(29(32)33)14-20(18)26/h5-14H,4,15H2,1-3H3,(H,27,30). The van der Waals surface area contributed by atoms with Crippen molar-refractivity contribution in [3.8, 4) is 11.5 Å². The van der Waals surface area contributed by atoms with Gasteiger partial charge >= 0.3 is 0 Å². The summed E-state index contributed by atoms with van der Waals surface area (Å²) in [5.74, 6) is 0.269. The van der Waals surface area contributed by atoms with Gasteiger partial charge in [-0.1, -0.05) is 29.8 Å². The van der Waals surface area contributed by atoms with Gasteiger partial charge in [0.05, 0.1) is 41.0 Å². The van der Waals surface area contributed by atoms with E-state index in [9.17, 15) is 19.7 Å². The molecule has 0 atom stereocenters. The SMILES string of the molecule is CCN(Cc1ccc(OC)c(OC)c1)C(=O)c1ccccc1NC(=O)c1ccc([N+](=O)[O-])cc1Cl. The maximum atomic E-state index is 13.4. The molecule has 0 fully saturated rings. The van der Waals surface area contributed by atoms with Crippen LogP contribution in [-0.2, 0) is 6.54 Å². The molecule has 1 N–H and O–H groups in total. The van der Waals surface area contributed by atoms with Gasteiger partial charge in [0.25, 0.3) is 17.5 Å². The van der Waals surface area contributed by atoms with Gasteiger partial charge in [-0.25, -0.2) is 0 Å². The molecule has 10 heteroatoms. The van der Waals surface area contributed by atoms with Gasteiger partial charge in [0.15, 0.2) is 11.5 Å². The first kappa shape index (κ1) is 25.5. The van der Waals surface area contributed by atoms with E-state index in [1.165, 1.54) is 12.1 Å². The Hall–Kier alpha value is -4.11. The fourth-order valence-electron chi connectivity index (χ4n) is 3.47. The molecule has 3 rings (SSSR count). The van der Waals surface area contributed by atoms with Crippen LogP contribution in [0.4, 0.5) is 11.4 Å². The van der Waals surface area contributed by atoms with Crippen LogP contribution in [-0.4, -0.2) is 42.4 Å². The van der Waals surface area contributed by atoms with E-state index >= 15 is 0 Å². The molecule has 9 nitrogen and oxygen atoms in total. The largest absolute Gasteiger partial charge is 0.493 e. The average molecular weight is 498 g/mol. The number of hydrogen-bond acceptors (Lipinski definition) is 6. The average Bonchev–Trinajstić information content (AvgIpc) is 2.86. The van der Waals surface area contributed by atoms with Crippen LogP contribution < -0.4 is 14.8 Å². The molecule has 3 aromatic carbocycles. The van der Waals surface area contributed by atoms with Gasteiger partial charge in [0.2, 0.25) is 0 Å². The molecule has 0 unspecified atom stereocenters. The number of nitrogens with one attached hydrogen (secondary N) is 1. The highest BCUT2D eigenvalue weighted by Gasteiger charge is 2.21. The topological polar surface area (TPSA) is 111 Å². The van der Waals surface area contributed by atoms with E-state index in [1.54, 1.807) is 55.5 Å². The van der Waals surface area contributed by atoms with Crippen molar-refractivity contribution in [2.75, 3.05) is 26.1 Å². The minimum absolute atomic E-state index is 0.0530. The van der Waals surface area contributed by atoms with Gasteiger partial charge < -0.3 is 19.7 Å². The van der Waals surface area contributed by atoms with E-state index in [1.807, 2.05) is 13.0 Å². The van der Waals surface area contributed by atoms with Crippen LogP contribution in [0.25, 0.3) is 0 Å². The van der Waals surface area contributed by atoms with Crippen LogP contribution in [0.5, 0.6) is 11.5 Å². The van der Waals surface area contributed by atoms with Crippen molar-refractivity contribution >= 4 is 34.8 Å². The van der Waals surface area contributed by atoms with Crippen LogP contribution in [0.1, 0.15) is 33.2 Å². The van der Waals surface area contributed by atoms with E-state index in [2.05, 4.69) is 5.32 Å². The summed E-state index contributed by atoms with van der Waals surface area (Å²) in [5.41, 5.74) is 1.26. The predicted octanol–water partition coefficient (Wildman–Crippen LogP) is 5.18. The third-order valence-corrected chi connectivity index (χ3v) is 5.62. The zero-order valence-corrected chi connectivity index (χ0v) is 20.2. The Kier molecular flexibility index (Phi) is 8.27. The van der Waals surface area contributed by atoms with E-state index in [0.29, 0.717) is 35.8 Å². The Balaban J connectivity index is 1.84. The molecule has 0 aliphatic carbocycles. The van der Waals surface area contributed by atoms with Gasteiger partial charge in [-0.05, 0) is 42.8 Å². The second-order valence-electron chi connectivity index (χ2n) is 7.43. The number of benzene rings is 3. The number of methoxy groups -OCH3 is 2. The minimum atomic E-state index is -0.598. The maximum absolute atomic E-state index is 13.4. The fourth-order valence-corrected chi connectivity index (χ4v) is 3.73. The monoisotopic (exact) mass is 497 g/mol. The van der Waals surface area contributed by atoms with Crippen LogP contribution in [0.2, 0.25) is 5.02 Å². The molecule has 0 heterocycles. The van der Waals surface area contributed by atoms with Crippen molar-refractivity contribution in [2.24, 2.45) is 0 Å². The van der Waals surface area contributed by atoms with Crippen LogP contribution in [0, 0.1) is 10.1 Å². The summed E-state index contributed by atoms with van der Waals surface area (Å²) in [6, 6.07) is 15.6. The summed E-state index contributed by atoms with van der Waals surface area (Å²) in [6.45, 7) is 2.59. The quantitative estimate of drug-likeness (QED) is 0.322. The number of nitrogens with zero attached hydrogens (tertiary/aromatic N) is 2. The summed E-state index contributed by atoms with van der Waals surface area (Å²) in [4.78, 5) is 38.2. The van der Waals surface area contributed by atoms with Crippen LogP contribution in [0.15, 0.2) is 60.7 Å². The van der Waals surface area contributed by atoms with Crippen molar-refractivity contribution in [2.45, 2.75) is 13.5 Å². The summed E-state index contributed by atoms with van der Waals surface area (Å²) in [6.07, 6.45) is 0. The first-order chi connectivity index (χ1) is 16.8. The molecule has 0 radical (unpaired) electrons. The molecule has 0 spiro atoms. The summed E-state index contributed by atoms with van der Waals surface area (Å²) in [5, 5.41) is 13.6. The van der Waals surface area contributed by atoms with Gasteiger partial charge in [0.1, 0.15) is 0 Å². The second kappa shape index (κ2) is 11.3. The number of nitro groups is 1. The lowest BCUT2D eigenvalue weighted by molar-refractivity contribution is -0.384. The molecule has 0 bridgehead atoms. The number of carbonyl (C=O) groups excluding carboxylic acids is 2. The number of rotatable bonds is 9. The van der Waals surface area contributed by atoms with Crippen LogP contribution in [0.3, 0.4) is 0 Å². The van der Waals surface area contributed by atoms with Crippen molar-refractivity contribution in [1.29, 1.82) is 0 Å². The van der Waals surface area contributed by atoms with Crippen molar-refractivity contribution in [1.82, 2.24) is 4.90 Å². The summed E-state index contributed by atoms with van der Waals surface area (Å²) >= 11 is 6.09.